The van der Waals surface area contributed by atoms with Gasteiger partial charge in [-0.1, -0.05) is 18.2 Å². The van der Waals surface area contributed by atoms with Gasteiger partial charge < -0.3 is 14.4 Å². The number of methoxy groups -OCH3 is 2. The van der Waals surface area contributed by atoms with Crippen molar-refractivity contribution in [1.82, 2.24) is 0 Å². The van der Waals surface area contributed by atoms with Crippen molar-refractivity contribution in [3.05, 3.63) is 65.5 Å². The van der Waals surface area contributed by atoms with Crippen molar-refractivity contribution < 1.29 is 19.1 Å². The van der Waals surface area contributed by atoms with Crippen LogP contribution in [0.5, 0.6) is 0 Å². The molecule has 0 radical (unpaired) electrons. The second kappa shape index (κ2) is 6.76. The maximum Gasteiger partial charge on any atom is 0.355 e. The second-order valence-electron chi connectivity index (χ2n) is 4.66. The lowest BCUT2D eigenvalue weighted by Crippen LogP contribution is -2.26. The molecule has 0 atom stereocenters. The zero-order valence-electron chi connectivity index (χ0n) is 12.7. The predicted octanol–water partition coefficient (Wildman–Crippen LogP) is 2.49. The Bertz CT molecular complexity index is 686. The number of benzene rings is 1. The number of anilines is 1. The van der Waals surface area contributed by atoms with Gasteiger partial charge in [0.25, 0.3) is 0 Å². The molecular formula is C17H17NO4. The highest BCUT2D eigenvalue weighted by Gasteiger charge is 2.27. The molecule has 0 unspecified atom stereocenters. The molecule has 0 saturated heterocycles. The Morgan fingerprint density at radius 2 is 1.77 bits per heavy atom. The van der Waals surface area contributed by atoms with Gasteiger partial charge in [0.15, 0.2) is 0 Å². The highest BCUT2D eigenvalue weighted by atomic mass is 16.5. The summed E-state index contributed by atoms with van der Waals surface area (Å²) in [6, 6.07) is 7.59. The summed E-state index contributed by atoms with van der Waals surface area (Å²) >= 11 is 0. The minimum absolute atomic E-state index is 0.116. The molecule has 22 heavy (non-hydrogen) atoms. The molecule has 1 aromatic carbocycles. The van der Waals surface area contributed by atoms with Crippen LogP contribution in [0.25, 0.3) is 0 Å². The number of aryl methyl sites for hydroxylation is 1. The molecule has 2 rings (SSSR count). The minimum atomic E-state index is -0.613. The van der Waals surface area contributed by atoms with Crippen molar-refractivity contribution >= 4 is 17.6 Å². The SMILES string of the molecule is COC(=O)C1=C(C(=O)OC)N(c2cccc(C)c2)C=CC=C1. The number of nitrogens with zero attached hydrogens (tertiary/aromatic N) is 1. The fraction of sp³-hybridized carbons (Fsp3) is 0.176. The van der Waals surface area contributed by atoms with Gasteiger partial charge in [0.2, 0.25) is 0 Å². The van der Waals surface area contributed by atoms with Crippen LogP contribution in [0, 0.1) is 6.92 Å². The molecule has 0 N–H and O–H groups in total. The summed E-state index contributed by atoms with van der Waals surface area (Å²) in [4.78, 5) is 25.8. The molecule has 5 nitrogen and oxygen atoms in total. The van der Waals surface area contributed by atoms with Gasteiger partial charge in [-0.2, -0.15) is 0 Å². The molecule has 0 fully saturated rings. The zero-order valence-corrected chi connectivity index (χ0v) is 12.7. The van der Waals surface area contributed by atoms with Crippen LogP contribution in [0.15, 0.2) is 60.0 Å². The van der Waals surface area contributed by atoms with E-state index in [0.717, 1.165) is 11.3 Å². The monoisotopic (exact) mass is 299 g/mol. The Morgan fingerprint density at radius 1 is 1.05 bits per heavy atom. The van der Waals surface area contributed by atoms with E-state index in [1.807, 2.05) is 31.2 Å². The Hall–Kier alpha value is -2.82. The van der Waals surface area contributed by atoms with Gasteiger partial charge in [-0.25, -0.2) is 9.59 Å². The summed E-state index contributed by atoms with van der Waals surface area (Å²) in [7, 11) is 2.55. The van der Waals surface area contributed by atoms with Gasteiger partial charge in [0, 0.05) is 11.9 Å². The largest absolute Gasteiger partial charge is 0.465 e. The fourth-order valence-electron chi connectivity index (χ4n) is 2.14. The number of ether oxygens (including phenoxy) is 2. The van der Waals surface area contributed by atoms with E-state index in [2.05, 4.69) is 0 Å². The Labute approximate surface area is 129 Å². The molecule has 5 heteroatoms. The number of rotatable bonds is 3. The average Bonchev–Trinajstić information content (AvgIpc) is 2.76. The molecule has 0 bridgehead atoms. The molecule has 0 amide bonds. The standard InChI is InChI=1S/C17H17NO4/c1-12-7-6-8-13(11-12)18-10-5-4-9-14(16(19)21-2)15(18)17(20)22-3/h4-11H,1-3H3. The summed E-state index contributed by atoms with van der Waals surface area (Å²) in [5.41, 5.74) is 2.04. The molecule has 1 aliphatic heterocycles. The van der Waals surface area contributed by atoms with Crippen LogP contribution in [0.3, 0.4) is 0 Å². The van der Waals surface area contributed by atoms with Crippen molar-refractivity contribution in [3.8, 4) is 0 Å². The molecule has 114 valence electrons. The number of hydrogen-bond acceptors (Lipinski definition) is 5. The first-order valence-electron chi connectivity index (χ1n) is 6.70. The summed E-state index contributed by atoms with van der Waals surface area (Å²) in [6.45, 7) is 1.95. The van der Waals surface area contributed by atoms with Crippen LogP contribution < -0.4 is 4.90 Å². The van der Waals surface area contributed by atoms with Gasteiger partial charge in [0.05, 0.1) is 19.8 Å². The number of esters is 2. The number of allylic oxidation sites excluding steroid dienone is 2. The molecule has 0 aliphatic carbocycles. The van der Waals surface area contributed by atoms with Gasteiger partial charge in [-0.15, -0.1) is 0 Å². The Kier molecular flexibility index (Phi) is 4.78. The van der Waals surface area contributed by atoms with Crippen LogP contribution in [0.2, 0.25) is 0 Å². The smallest absolute Gasteiger partial charge is 0.355 e. The van der Waals surface area contributed by atoms with Crippen LogP contribution in [-0.2, 0) is 19.1 Å². The average molecular weight is 299 g/mol. The Balaban J connectivity index is 2.64. The summed E-state index contributed by atoms with van der Waals surface area (Å²) < 4.78 is 9.61. The van der Waals surface area contributed by atoms with E-state index in [1.54, 1.807) is 23.3 Å². The van der Waals surface area contributed by atoms with Crippen molar-refractivity contribution in [2.24, 2.45) is 0 Å². The lowest BCUT2D eigenvalue weighted by Gasteiger charge is -2.23. The van der Waals surface area contributed by atoms with E-state index in [0.29, 0.717) is 0 Å². The first-order valence-corrected chi connectivity index (χ1v) is 6.70. The highest BCUT2D eigenvalue weighted by molar-refractivity contribution is 6.05. The lowest BCUT2D eigenvalue weighted by atomic mass is 10.1. The van der Waals surface area contributed by atoms with E-state index in [-0.39, 0.29) is 11.3 Å². The third-order valence-corrected chi connectivity index (χ3v) is 3.17. The zero-order chi connectivity index (χ0) is 16.1. The van der Waals surface area contributed by atoms with Crippen LogP contribution >= 0.6 is 0 Å². The van der Waals surface area contributed by atoms with Crippen LogP contribution in [-0.4, -0.2) is 26.2 Å². The topological polar surface area (TPSA) is 55.8 Å². The third-order valence-electron chi connectivity index (χ3n) is 3.17. The van der Waals surface area contributed by atoms with Crippen molar-refractivity contribution in [2.45, 2.75) is 6.92 Å². The van der Waals surface area contributed by atoms with Crippen LogP contribution in [0.4, 0.5) is 5.69 Å². The number of carbonyl (C=O) groups is 2. The number of hydrogen-bond donors (Lipinski definition) is 0. The normalized spacial score (nSPS) is 13.9. The van der Waals surface area contributed by atoms with E-state index in [1.165, 1.54) is 20.3 Å². The van der Waals surface area contributed by atoms with Crippen LogP contribution in [0.1, 0.15) is 5.56 Å². The van der Waals surface area contributed by atoms with Gasteiger partial charge in [0.1, 0.15) is 5.70 Å². The molecular weight excluding hydrogens is 282 g/mol. The van der Waals surface area contributed by atoms with Gasteiger partial charge in [-0.3, -0.25) is 0 Å². The number of carbonyl (C=O) groups excluding carboxylic acids is 2. The molecule has 0 aromatic heterocycles. The third kappa shape index (κ3) is 3.09. The maximum atomic E-state index is 12.2. The van der Waals surface area contributed by atoms with Crippen molar-refractivity contribution in [2.75, 3.05) is 19.1 Å². The summed E-state index contributed by atoms with van der Waals surface area (Å²) in [5.74, 6) is -1.21. The van der Waals surface area contributed by atoms with E-state index in [4.69, 9.17) is 9.47 Å². The molecule has 1 aromatic rings. The van der Waals surface area contributed by atoms with Crippen molar-refractivity contribution in [1.29, 1.82) is 0 Å². The van der Waals surface area contributed by atoms with E-state index in [9.17, 15) is 9.59 Å². The fourth-order valence-corrected chi connectivity index (χ4v) is 2.14. The quantitative estimate of drug-likeness (QED) is 0.803. The highest BCUT2D eigenvalue weighted by Crippen LogP contribution is 2.26. The van der Waals surface area contributed by atoms with Gasteiger partial charge >= 0.3 is 11.9 Å². The second-order valence-corrected chi connectivity index (χ2v) is 4.66. The van der Waals surface area contributed by atoms with Gasteiger partial charge in [-0.05, 0) is 36.8 Å². The maximum absolute atomic E-state index is 12.2. The lowest BCUT2D eigenvalue weighted by molar-refractivity contribution is -0.139. The molecule has 1 aliphatic rings. The molecule has 0 spiro atoms. The van der Waals surface area contributed by atoms with E-state index < -0.39 is 11.9 Å². The van der Waals surface area contributed by atoms with E-state index >= 15 is 0 Å². The summed E-state index contributed by atoms with van der Waals surface area (Å²) in [5, 5.41) is 0. The minimum Gasteiger partial charge on any atom is -0.465 e. The predicted molar refractivity (Wildman–Crippen MR) is 83.0 cm³/mol. The first kappa shape index (κ1) is 15.6. The molecule has 0 saturated carbocycles. The Morgan fingerprint density at radius 3 is 2.41 bits per heavy atom. The summed E-state index contributed by atoms with van der Waals surface area (Å²) in [6.07, 6.45) is 6.64. The molecule has 1 heterocycles. The first-order chi connectivity index (χ1) is 10.6. The van der Waals surface area contributed by atoms with Crippen molar-refractivity contribution in [3.63, 3.8) is 0 Å².